The number of ether oxygens (including phenoxy) is 1. The Morgan fingerprint density at radius 2 is 2.32 bits per heavy atom. The van der Waals surface area contributed by atoms with E-state index in [-0.39, 0.29) is 6.04 Å². The third-order valence-corrected chi connectivity index (χ3v) is 4.47. The molecular weight excluding hydrogens is 260 g/mol. The highest BCUT2D eigenvalue weighted by Gasteiger charge is 2.21. The summed E-state index contributed by atoms with van der Waals surface area (Å²) in [6.07, 6.45) is 0. The lowest BCUT2D eigenvalue weighted by atomic mass is 10.1. The van der Waals surface area contributed by atoms with Gasteiger partial charge in [0.1, 0.15) is 5.01 Å². The Bertz CT molecular complexity index is 583. The van der Waals surface area contributed by atoms with Crippen LogP contribution in [0.3, 0.4) is 0 Å². The molecule has 2 aromatic rings. The lowest BCUT2D eigenvalue weighted by Crippen LogP contribution is -2.34. The fraction of sp³-hybridized carbons (Fsp3) is 0.538. The van der Waals surface area contributed by atoms with Crippen LogP contribution in [0, 0.1) is 13.8 Å². The molecule has 0 amide bonds. The summed E-state index contributed by atoms with van der Waals surface area (Å²) in [4.78, 5) is 4.76. The Balaban J connectivity index is 1.92. The topological polar surface area (TPSA) is 52.0 Å². The highest BCUT2D eigenvalue weighted by molar-refractivity contribution is 7.10. The maximum atomic E-state index is 5.49. The van der Waals surface area contributed by atoms with E-state index < -0.39 is 0 Å². The van der Waals surface area contributed by atoms with Crippen LogP contribution in [0.15, 0.2) is 5.38 Å². The number of hydrogen-bond donors (Lipinski definition) is 1. The van der Waals surface area contributed by atoms with Crippen LogP contribution in [0.4, 0.5) is 0 Å². The molecule has 6 heteroatoms. The standard InChI is InChI=1S/C13H18N4OS/c1-8-12(9(2)17(3)16-8)11-7-19-13(15-11)10-6-18-5-4-14-10/h7,10,14H,4-6H2,1-3H3. The summed E-state index contributed by atoms with van der Waals surface area (Å²) in [6.45, 7) is 6.50. The SMILES string of the molecule is Cc1nn(C)c(C)c1-c1csc(C2COCCN2)n1. The first-order chi connectivity index (χ1) is 9.16. The van der Waals surface area contributed by atoms with Crippen molar-refractivity contribution in [2.24, 2.45) is 7.05 Å². The quantitative estimate of drug-likeness (QED) is 0.910. The molecule has 2 aromatic heterocycles. The Morgan fingerprint density at radius 1 is 1.47 bits per heavy atom. The molecule has 0 aliphatic carbocycles. The molecule has 1 atom stereocenters. The number of aromatic nitrogens is 3. The van der Waals surface area contributed by atoms with Crippen LogP contribution in [0.2, 0.25) is 0 Å². The van der Waals surface area contributed by atoms with E-state index in [4.69, 9.17) is 9.72 Å². The van der Waals surface area contributed by atoms with Gasteiger partial charge in [0, 0.05) is 30.2 Å². The van der Waals surface area contributed by atoms with Gasteiger partial charge >= 0.3 is 0 Å². The summed E-state index contributed by atoms with van der Waals surface area (Å²) in [7, 11) is 1.97. The van der Waals surface area contributed by atoms with Gasteiger partial charge in [0.05, 0.1) is 30.6 Å². The van der Waals surface area contributed by atoms with Gasteiger partial charge in [-0.3, -0.25) is 4.68 Å². The molecule has 0 saturated carbocycles. The predicted molar refractivity (Wildman–Crippen MR) is 75.4 cm³/mol. The molecule has 5 nitrogen and oxygen atoms in total. The fourth-order valence-corrected chi connectivity index (χ4v) is 3.30. The van der Waals surface area contributed by atoms with E-state index in [1.54, 1.807) is 11.3 Å². The molecule has 1 N–H and O–H groups in total. The van der Waals surface area contributed by atoms with Crippen molar-refractivity contribution in [1.29, 1.82) is 0 Å². The summed E-state index contributed by atoms with van der Waals surface area (Å²) in [5.74, 6) is 0. The van der Waals surface area contributed by atoms with E-state index in [0.717, 1.165) is 40.8 Å². The number of aryl methyl sites for hydroxylation is 2. The van der Waals surface area contributed by atoms with Gasteiger partial charge in [-0.15, -0.1) is 11.3 Å². The van der Waals surface area contributed by atoms with Crippen molar-refractivity contribution in [2.45, 2.75) is 19.9 Å². The van der Waals surface area contributed by atoms with E-state index >= 15 is 0 Å². The Morgan fingerprint density at radius 3 is 2.95 bits per heavy atom. The van der Waals surface area contributed by atoms with Crippen LogP contribution >= 0.6 is 11.3 Å². The third-order valence-electron chi connectivity index (χ3n) is 3.51. The van der Waals surface area contributed by atoms with E-state index in [9.17, 15) is 0 Å². The maximum Gasteiger partial charge on any atom is 0.113 e. The molecule has 1 aliphatic heterocycles. The zero-order chi connectivity index (χ0) is 13.4. The normalized spacial score (nSPS) is 19.8. The minimum absolute atomic E-state index is 0.227. The summed E-state index contributed by atoms with van der Waals surface area (Å²) in [5, 5.41) is 11.1. The first-order valence-corrected chi connectivity index (χ1v) is 7.32. The second-order valence-corrected chi connectivity index (χ2v) is 5.71. The first kappa shape index (κ1) is 12.8. The number of morpholine rings is 1. The van der Waals surface area contributed by atoms with E-state index in [2.05, 4.69) is 22.7 Å². The van der Waals surface area contributed by atoms with Crippen molar-refractivity contribution in [3.8, 4) is 11.3 Å². The van der Waals surface area contributed by atoms with Crippen LogP contribution in [-0.2, 0) is 11.8 Å². The zero-order valence-electron chi connectivity index (χ0n) is 11.4. The summed E-state index contributed by atoms with van der Waals surface area (Å²) in [5.41, 5.74) is 4.36. The first-order valence-electron chi connectivity index (χ1n) is 6.44. The van der Waals surface area contributed by atoms with Gasteiger partial charge in [-0.1, -0.05) is 0 Å². The van der Waals surface area contributed by atoms with Gasteiger partial charge in [0.2, 0.25) is 0 Å². The second-order valence-electron chi connectivity index (χ2n) is 4.82. The van der Waals surface area contributed by atoms with E-state index in [0.29, 0.717) is 6.61 Å². The molecule has 19 heavy (non-hydrogen) atoms. The van der Waals surface area contributed by atoms with Gasteiger partial charge < -0.3 is 10.1 Å². The summed E-state index contributed by atoms with van der Waals surface area (Å²) < 4.78 is 7.40. The predicted octanol–water partition coefficient (Wildman–Crippen LogP) is 1.82. The van der Waals surface area contributed by atoms with Gasteiger partial charge in [-0.2, -0.15) is 5.10 Å². The molecule has 0 spiro atoms. The van der Waals surface area contributed by atoms with E-state index in [1.807, 2.05) is 18.7 Å². The molecule has 102 valence electrons. The minimum Gasteiger partial charge on any atom is -0.378 e. The minimum atomic E-state index is 0.227. The highest BCUT2D eigenvalue weighted by atomic mass is 32.1. The fourth-order valence-electron chi connectivity index (χ4n) is 2.43. The lowest BCUT2D eigenvalue weighted by molar-refractivity contribution is 0.0768. The highest BCUT2D eigenvalue weighted by Crippen LogP contribution is 2.30. The van der Waals surface area contributed by atoms with Gasteiger partial charge in [0.15, 0.2) is 0 Å². The monoisotopic (exact) mass is 278 g/mol. The molecule has 3 heterocycles. The van der Waals surface area contributed by atoms with Crippen LogP contribution in [-0.4, -0.2) is 34.5 Å². The molecule has 3 rings (SSSR count). The van der Waals surface area contributed by atoms with Crippen molar-refractivity contribution < 1.29 is 4.74 Å². The molecule has 1 fully saturated rings. The Kier molecular flexibility index (Phi) is 3.38. The van der Waals surface area contributed by atoms with Gasteiger partial charge in [0.25, 0.3) is 0 Å². The zero-order valence-corrected chi connectivity index (χ0v) is 12.3. The van der Waals surface area contributed by atoms with Crippen molar-refractivity contribution in [3.05, 3.63) is 21.8 Å². The van der Waals surface area contributed by atoms with Crippen LogP contribution in [0.5, 0.6) is 0 Å². The number of nitrogens with one attached hydrogen (secondary N) is 1. The molecule has 0 bridgehead atoms. The lowest BCUT2D eigenvalue weighted by Gasteiger charge is -2.21. The van der Waals surface area contributed by atoms with E-state index in [1.165, 1.54) is 0 Å². The maximum absolute atomic E-state index is 5.49. The van der Waals surface area contributed by atoms with Crippen LogP contribution < -0.4 is 5.32 Å². The molecule has 0 aromatic carbocycles. The molecule has 1 saturated heterocycles. The van der Waals surface area contributed by atoms with Gasteiger partial charge in [-0.05, 0) is 13.8 Å². The Hall–Kier alpha value is -1.24. The average Bonchev–Trinajstić information content (AvgIpc) is 2.97. The molecular formula is C13H18N4OS. The van der Waals surface area contributed by atoms with Crippen molar-refractivity contribution in [3.63, 3.8) is 0 Å². The largest absolute Gasteiger partial charge is 0.378 e. The number of thiazole rings is 1. The molecule has 0 radical (unpaired) electrons. The van der Waals surface area contributed by atoms with Crippen LogP contribution in [0.1, 0.15) is 22.4 Å². The average molecular weight is 278 g/mol. The summed E-state index contributed by atoms with van der Waals surface area (Å²) >= 11 is 1.69. The number of nitrogens with zero attached hydrogens (tertiary/aromatic N) is 3. The van der Waals surface area contributed by atoms with Crippen molar-refractivity contribution in [2.75, 3.05) is 19.8 Å². The third kappa shape index (κ3) is 2.31. The molecule has 1 unspecified atom stereocenters. The second kappa shape index (κ2) is 5.03. The smallest absolute Gasteiger partial charge is 0.113 e. The Labute approximate surface area is 116 Å². The number of rotatable bonds is 2. The van der Waals surface area contributed by atoms with Crippen molar-refractivity contribution in [1.82, 2.24) is 20.1 Å². The number of hydrogen-bond acceptors (Lipinski definition) is 5. The summed E-state index contributed by atoms with van der Waals surface area (Å²) in [6, 6.07) is 0.227. The molecule has 1 aliphatic rings. The van der Waals surface area contributed by atoms with Crippen LogP contribution in [0.25, 0.3) is 11.3 Å². The van der Waals surface area contributed by atoms with Crippen molar-refractivity contribution >= 4 is 11.3 Å². The van der Waals surface area contributed by atoms with Gasteiger partial charge in [-0.25, -0.2) is 4.98 Å².